The van der Waals surface area contributed by atoms with Crippen molar-refractivity contribution in [2.75, 3.05) is 7.11 Å². The highest BCUT2D eigenvalue weighted by molar-refractivity contribution is 5.67. The number of ether oxygens (including phenoxy) is 3. The van der Waals surface area contributed by atoms with Crippen molar-refractivity contribution in [3.05, 3.63) is 65.7 Å². The molecule has 178 valence electrons. The summed E-state index contributed by atoms with van der Waals surface area (Å²) in [5.41, 5.74) is 2.00. The number of halogens is 1. The fourth-order valence-corrected chi connectivity index (χ4v) is 3.92. The number of hydrogen-bond acceptors (Lipinski definition) is 6. The van der Waals surface area contributed by atoms with Gasteiger partial charge < -0.3 is 19.3 Å². The number of aromatic nitrogens is 2. The van der Waals surface area contributed by atoms with Gasteiger partial charge in [-0.25, -0.2) is 14.4 Å². The van der Waals surface area contributed by atoms with E-state index < -0.39 is 11.8 Å². The largest absolute Gasteiger partial charge is 0.497 e. The molecule has 1 aliphatic rings. The van der Waals surface area contributed by atoms with Crippen LogP contribution in [0.3, 0.4) is 0 Å². The van der Waals surface area contributed by atoms with E-state index in [1.165, 1.54) is 13.2 Å². The smallest absolute Gasteiger partial charge is 0.303 e. The minimum Gasteiger partial charge on any atom is -0.497 e. The molecule has 0 saturated heterocycles. The van der Waals surface area contributed by atoms with Crippen molar-refractivity contribution in [2.24, 2.45) is 0 Å². The van der Waals surface area contributed by atoms with Gasteiger partial charge in [-0.05, 0) is 68.0 Å². The zero-order valence-corrected chi connectivity index (χ0v) is 19.0. The van der Waals surface area contributed by atoms with Gasteiger partial charge in [-0.15, -0.1) is 0 Å². The molecule has 2 aromatic carbocycles. The lowest BCUT2D eigenvalue weighted by Gasteiger charge is -2.17. The van der Waals surface area contributed by atoms with Crippen LogP contribution in [0.15, 0.2) is 48.7 Å². The zero-order chi connectivity index (χ0) is 23.9. The summed E-state index contributed by atoms with van der Waals surface area (Å²) in [4.78, 5) is 19.9. The Balaban J connectivity index is 1.56. The molecule has 7 nitrogen and oxygen atoms in total. The van der Waals surface area contributed by atoms with Gasteiger partial charge in [-0.2, -0.15) is 0 Å². The SMILES string of the molecule is COc1ccc(F)c(-c2ncc(COc3cccc(CCC(=O)O)c3)nc2OC2CCCC2)c1. The molecule has 1 saturated carbocycles. The van der Waals surface area contributed by atoms with Crippen LogP contribution in [0.25, 0.3) is 11.3 Å². The van der Waals surface area contributed by atoms with Crippen LogP contribution in [0, 0.1) is 5.82 Å². The lowest BCUT2D eigenvalue weighted by Crippen LogP contribution is -2.14. The Morgan fingerprint density at radius 1 is 1.15 bits per heavy atom. The van der Waals surface area contributed by atoms with Crippen LogP contribution >= 0.6 is 0 Å². The summed E-state index contributed by atoms with van der Waals surface area (Å²) in [7, 11) is 1.52. The number of benzene rings is 2. The number of nitrogens with zero attached hydrogens (tertiary/aromatic N) is 2. The standard InChI is InChI=1S/C26H27FN2O5/c1-32-20-10-11-23(27)22(14-20)25-26(34-19-6-2-3-7-19)29-18(15-28-25)16-33-21-8-4-5-17(13-21)9-12-24(30)31/h4-5,8,10-11,13-15,19H,2-3,6-7,9,12,16H2,1H3,(H,30,31). The second kappa shape index (κ2) is 11.0. The number of aliphatic carboxylic acids is 1. The van der Waals surface area contributed by atoms with E-state index in [1.54, 1.807) is 24.4 Å². The molecule has 4 rings (SSSR count). The number of methoxy groups -OCH3 is 1. The lowest BCUT2D eigenvalue weighted by molar-refractivity contribution is -0.136. The van der Waals surface area contributed by atoms with Crippen molar-refractivity contribution in [1.82, 2.24) is 9.97 Å². The molecule has 1 N–H and O–H groups in total. The van der Waals surface area contributed by atoms with Crippen molar-refractivity contribution < 1.29 is 28.5 Å². The van der Waals surface area contributed by atoms with Crippen LogP contribution in [0.2, 0.25) is 0 Å². The first-order valence-corrected chi connectivity index (χ1v) is 11.3. The lowest BCUT2D eigenvalue weighted by atomic mass is 10.1. The Labute approximate surface area is 197 Å². The second-order valence-corrected chi connectivity index (χ2v) is 8.22. The minimum atomic E-state index is -0.844. The molecule has 0 amide bonds. The predicted molar refractivity (Wildman–Crippen MR) is 124 cm³/mol. The molecular formula is C26H27FN2O5. The van der Waals surface area contributed by atoms with Crippen molar-refractivity contribution >= 4 is 5.97 Å². The first-order valence-electron chi connectivity index (χ1n) is 11.3. The van der Waals surface area contributed by atoms with Gasteiger partial charge in [-0.3, -0.25) is 4.79 Å². The number of hydrogen-bond donors (Lipinski definition) is 1. The van der Waals surface area contributed by atoms with Gasteiger partial charge in [0.1, 0.15) is 41.4 Å². The molecule has 0 radical (unpaired) electrons. The van der Waals surface area contributed by atoms with E-state index >= 15 is 0 Å². The highest BCUT2D eigenvalue weighted by Gasteiger charge is 2.22. The minimum absolute atomic E-state index is 0.0174. The number of carboxylic acids is 1. The maximum atomic E-state index is 14.7. The number of rotatable bonds is 10. The summed E-state index contributed by atoms with van der Waals surface area (Å²) in [6.07, 6.45) is 6.06. The first-order chi connectivity index (χ1) is 16.5. The third kappa shape index (κ3) is 6.01. The molecule has 1 fully saturated rings. The van der Waals surface area contributed by atoms with E-state index in [0.29, 0.717) is 29.3 Å². The van der Waals surface area contributed by atoms with Crippen molar-refractivity contribution in [3.8, 4) is 28.6 Å². The van der Waals surface area contributed by atoms with Crippen LogP contribution in [-0.4, -0.2) is 34.3 Å². The fraction of sp³-hybridized carbons (Fsp3) is 0.346. The summed E-state index contributed by atoms with van der Waals surface area (Å²) in [6.45, 7) is 0.136. The van der Waals surface area contributed by atoms with Gasteiger partial charge in [0.2, 0.25) is 5.88 Å². The molecule has 8 heteroatoms. The van der Waals surface area contributed by atoms with E-state index in [2.05, 4.69) is 9.97 Å². The maximum Gasteiger partial charge on any atom is 0.303 e. The van der Waals surface area contributed by atoms with Gasteiger partial charge in [0, 0.05) is 12.0 Å². The van der Waals surface area contributed by atoms with Crippen LogP contribution < -0.4 is 14.2 Å². The summed E-state index contributed by atoms with van der Waals surface area (Å²) in [5, 5.41) is 8.89. The highest BCUT2D eigenvalue weighted by Crippen LogP contribution is 2.34. The molecule has 3 aromatic rings. The third-order valence-electron chi connectivity index (χ3n) is 5.71. The van der Waals surface area contributed by atoms with Crippen LogP contribution in [0.1, 0.15) is 43.4 Å². The average Bonchev–Trinajstić information content (AvgIpc) is 3.35. The van der Waals surface area contributed by atoms with E-state index in [4.69, 9.17) is 19.3 Å². The molecule has 0 unspecified atom stereocenters. The molecule has 0 spiro atoms. The van der Waals surface area contributed by atoms with Crippen molar-refractivity contribution in [2.45, 2.75) is 51.2 Å². The fourth-order valence-electron chi connectivity index (χ4n) is 3.92. The van der Waals surface area contributed by atoms with Crippen molar-refractivity contribution in [1.29, 1.82) is 0 Å². The van der Waals surface area contributed by atoms with E-state index in [9.17, 15) is 9.18 Å². The Morgan fingerprint density at radius 3 is 2.74 bits per heavy atom. The van der Waals surface area contributed by atoms with Gasteiger partial charge in [0.15, 0.2) is 0 Å². The van der Waals surface area contributed by atoms with E-state index in [1.807, 2.05) is 18.2 Å². The van der Waals surface area contributed by atoms with Gasteiger partial charge in [0.05, 0.1) is 13.3 Å². The predicted octanol–water partition coefficient (Wildman–Crippen LogP) is 5.21. The third-order valence-corrected chi connectivity index (χ3v) is 5.71. The van der Waals surface area contributed by atoms with Crippen LogP contribution in [0.4, 0.5) is 4.39 Å². The second-order valence-electron chi connectivity index (χ2n) is 8.22. The Bertz CT molecular complexity index is 1150. The van der Waals surface area contributed by atoms with Crippen molar-refractivity contribution in [3.63, 3.8) is 0 Å². The Kier molecular flexibility index (Phi) is 7.57. The maximum absolute atomic E-state index is 14.7. The molecule has 0 atom stereocenters. The van der Waals surface area contributed by atoms with Crippen LogP contribution in [-0.2, 0) is 17.8 Å². The Morgan fingerprint density at radius 2 is 1.97 bits per heavy atom. The van der Waals surface area contributed by atoms with Gasteiger partial charge >= 0.3 is 5.97 Å². The first kappa shape index (κ1) is 23.5. The zero-order valence-electron chi connectivity index (χ0n) is 19.0. The van der Waals surface area contributed by atoms with Crippen LogP contribution in [0.5, 0.6) is 17.4 Å². The van der Waals surface area contributed by atoms with Gasteiger partial charge in [0.25, 0.3) is 0 Å². The highest BCUT2D eigenvalue weighted by atomic mass is 19.1. The summed E-state index contributed by atoms with van der Waals surface area (Å²) in [6, 6.07) is 11.8. The monoisotopic (exact) mass is 466 g/mol. The molecule has 1 aromatic heterocycles. The quantitative estimate of drug-likeness (QED) is 0.439. The normalized spacial score (nSPS) is 13.6. The molecular weight excluding hydrogens is 439 g/mol. The summed E-state index contributed by atoms with van der Waals surface area (Å²) >= 11 is 0. The van der Waals surface area contributed by atoms with E-state index in [-0.39, 0.29) is 30.6 Å². The molecule has 0 bridgehead atoms. The molecule has 34 heavy (non-hydrogen) atoms. The molecule has 1 aliphatic carbocycles. The summed E-state index contributed by atoms with van der Waals surface area (Å²) < 4.78 is 31.9. The molecule has 0 aliphatic heterocycles. The van der Waals surface area contributed by atoms with Gasteiger partial charge in [-0.1, -0.05) is 12.1 Å². The van der Waals surface area contributed by atoms with E-state index in [0.717, 1.165) is 31.2 Å². The average molecular weight is 467 g/mol. The topological polar surface area (TPSA) is 90.8 Å². The molecule has 1 heterocycles. The number of carboxylic acid groups (broad SMARTS) is 1. The number of aryl methyl sites for hydroxylation is 1. The summed E-state index contributed by atoms with van der Waals surface area (Å²) in [5.74, 6) is 0.110. The number of carbonyl (C=O) groups is 1. The Hall–Kier alpha value is -3.68.